The molecule has 0 aliphatic rings. The topological polar surface area (TPSA) is 182 Å². The lowest BCUT2D eigenvalue weighted by Crippen LogP contribution is -2.03. The number of aromatic amines is 2. The van der Waals surface area contributed by atoms with E-state index in [4.69, 9.17) is 37.8 Å². The standard InChI is InChI=1S/C23H19ClF3N3O4S.C23H17ClF3N3O3S/c24-17-11-15(8-9-16(17)20-29-22(32)34-30-20)33-12-19-18(3-1-2-10-31)28-21(35-19)13-4-6-14(7-5-13)23(25,26)27;1-2-3-4-18-19(34-21(28-18)13-5-7-14(8-6-13)23(25,26)27)12-32-15-9-10-16(17(24)11-15)20-29-22(31)33-30-20/h4-9,11,31H,1-3,10,12H2,(H,29,30,32);2,5-11H,1,3-4,12H2,(H,29,30,31). The van der Waals surface area contributed by atoms with Crippen molar-refractivity contribution < 1.29 is 50.0 Å². The SMILES string of the molecule is C=CCCc1nc(-c2ccc(C(F)(F)F)cc2)sc1COc1ccc(-c2noc(=O)[nH]2)c(Cl)c1.O=c1[nH]c(-c2ccc(OCc3sc(-c4ccc(C(F)(F)F)cc4)nc3CCCCO)cc2Cl)no1. The molecule has 0 bridgehead atoms. The second kappa shape index (κ2) is 22.3. The molecule has 0 spiro atoms. The number of nitrogens with zero attached hydrogens (tertiary/aromatic N) is 4. The van der Waals surface area contributed by atoms with E-state index in [-0.39, 0.29) is 31.5 Å². The zero-order valence-electron chi connectivity index (χ0n) is 35.5. The van der Waals surface area contributed by atoms with E-state index in [1.807, 2.05) is 0 Å². The van der Waals surface area contributed by atoms with E-state index in [9.17, 15) is 35.9 Å². The first kappa shape index (κ1) is 50.4. The maximum Gasteiger partial charge on any atom is 0.439 e. The lowest BCUT2D eigenvalue weighted by atomic mass is 10.1. The van der Waals surface area contributed by atoms with Gasteiger partial charge in [-0.1, -0.05) is 63.9 Å². The number of halogens is 8. The molecule has 0 aliphatic carbocycles. The number of benzene rings is 4. The molecular formula is C46H36Cl2F6N6O7S2. The molecule has 0 unspecified atom stereocenters. The maximum atomic E-state index is 12.9. The number of H-pyrrole nitrogens is 2. The Labute approximate surface area is 405 Å². The third kappa shape index (κ3) is 13.2. The van der Waals surface area contributed by atoms with E-state index in [1.54, 1.807) is 42.5 Å². The zero-order chi connectivity index (χ0) is 49.3. The summed E-state index contributed by atoms with van der Waals surface area (Å²) >= 11 is 15.3. The van der Waals surface area contributed by atoms with Crippen molar-refractivity contribution in [3.63, 3.8) is 0 Å². The van der Waals surface area contributed by atoms with Gasteiger partial charge in [0.15, 0.2) is 11.6 Å². The maximum absolute atomic E-state index is 12.9. The molecule has 4 aromatic heterocycles. The molecule has 8 rings (SSSR count). The second-order valence-corrected chi connectivity index (χ2v) is 17.7. The minimum atomic E-state index is -4.41. The monoisotopic (exact) mass is 1030 g/mol. The number of aromatic nitrogens is 6. The normalized spacial score (nSPS) is 11.6. The molecule has 23 heteroatoms. The van der Waals surface area contributed by atoms with Crippen LogP contribution >= 0.6 is 45.9 Å². The first-order chi connectivity index (χ1) is 33.0. The average Bonchev–Trinajstić information content (AvgIpc) is 4.14. The van der Waals surface area contributed by atoms with Crippen molar-refractivity contribution in [2.24, 2.45) is 0 Å². The number of hydrogen-bond donors (Lipinski definition) is 3. The Hall–Kier alpha value is -6.52. The van der Waals surface area contributed by atoms with Gasteiger partial charge < -0.3 is 14.6 Å². The number of rotatable bonds is 17. The van der Waals surface area contributed by atoms with Gasteiger partial charge in [-0.3, -0.25) is 19.0 Å². The van der Waals surface area contributed by atoms with Gasteiger partial charge in [-0.2, -0.15) is 26.3 Å². The van der Waals surface area contributed by atoms with Crippen LogP contribution in [0.3, 0.4) is 0 Å². The summed E-state index contributed by atoms with van der Waals surface area (Å²) in [6.07, 6.45) is -3.81. The summed E-state index contributed by atoms with van der Waals surface area (Å²) in [6, 6.07) is 19.6. The molecule has 69 heavy (non-hydrogen) atoms. The molecule has 0 saturated heterocycles. The Morgan fingerprint density at radius 2 is 1.09 bits per heavy atom. The average molecular weight is 1030 g/mol. The van der Waals surface area contributed by atoms with Crippen LogP contribution in [0.25, 0.3) is 43.9 Å². The summed E-state index contributed by atoms with van der Waals surface area (Å²) in [5, 5.41) is 18.1. The van der Waals surface area contributed by atoms with Crippen molar-refractivity contribution in [2.75, 3.05) is 6.61 Å². The van der Waals surface area contributed by atoms with Gasteiger partial charge in [0.05, 0.1) is 42.3 Å². The molecule has 8 aromatic rings. The molecular weight excluding hydrogens is 998 g/mol. The molecule has 0 fully saturated rings. The van der Waals surface area contributed by atoms with Crippen LogP contribution in [0.4, 0.5) is 26.3 Å². The fraction of sp³-hybridized carbons (Fsp3) is 0.217. The van der Waals surface area contributed by atoms with Crippen molar-refractivity contribution in [1.29, 1.82) is 0 Å². The van der Waals surface area contributed by atoms with Crippen molar-refractivity contribution in [2.45, 2.75) is 57.7 Å². The molecule has 13 nitrogen and oxygen atoms in total. The van der Waals surface area contributed by atoms with Crippen molar-refractivity contribution in [1.82, 2.24) is 30.2 Å². The smallest absolute Gasteiger partial charge is 0.439 e. The summed E-state index contributed by atoms with van der Waals surface area (Å²) in [7, 11) is 0. The fourth-order valence-corrected chi connectivity index (χ4v) is 8.99. The summed E-state index contributed by atoms with van der Waals surface area (Å²) in [5.74, 6) is -0.0287. The molecule has 4 aromatic carbocycles. The fourth-order valence-electron chi connectivity index (χ4n) is 6.42. The predicted octanol–water partition coefficient (Wildman–Crippen LogP) is 12.2. The highest BCUT2D eigenvalue weighted by Gasteiger charge is 2.31. The van der Waals surface area contributed by atoms with Crippen molar-refractivity contribution in [3.8, 4) is 55.4 Å². The Kier molecular flexibility index (Phi) is 16.3. The highest BCUT2D eigenvalue weighted by Crippen LogP contribution is 2.37. The summed E-state index contributed by atoms with van der Waals surface area (Å²) in [4.78, 5) is 38.1. The third-order valence-electron chi connectivity index (χ3n) is 9.89. The van der Waals surface area contributed by atoms with E-state index >= 15 is 0 Å². The highest BCUT2D eigenvalue weighted by atomic mass is 35.5. The molecule has 4 heterocycles. The molecule has 0 aliphatic heterocycles. The molecule has 360 valence electrons. The first-order valence-electron chi connectivity index (χ1n) is 20.5. The Morgan fingerprint density at radius 3 is 1.45 bits per heavy atom. The van der Waals surface area contributed by atoms with Crippen LogP contribution in [0, 0.1) is 0 Å². The molecule has 3 N–H and O–H groups in total. The number of aryl methyl sites for hydroxylation is 2. The number of hydrogen-bond acceptors (Lipinski definition) is 13. The van der Waals surface area contributed by atoms with E-state index in [0.717, 1.165) is 45.4 Å². The van der Waals surface area contributed by atoms with Gasteiger partial charge in [-0.25, -0.2) is 19.6 Å². The van der Waals surface area contributed by atoms with Gasteiger partial charge in [0.1, 0.15) is 34.7 Å². The highest BCUT2D eigenvalue weighted by molar-refractivity contribution is 7.15. The Bertz CT molecular complexity index is 3130. The van der Waals surface area contributed by atoms with E-state index < -0.39 is 35.0 Å². The van der Waals surface area contributed by atoms with Crippen LogP contribution in [0.5, 0.6) is 11.5 Å². The minimum Gasteiger partial charge on any atom is -0.488 e. The van der Waals surface area contributed by atoms with Gasteiger partial charge in [-0.15, -0.1) is 29.3 Å². The predicted molar refractivity (Wildman–Crippen MR) is 247 cm³/mol. The summed E-state index contributed by atoms with van der Waals surface area (Å²) in [6.45, 7) is 4.15. The number of nitrogens with one attached hydrogen (secondary N) is 2. The van der Waals surface area contributed by atoms with Gasteiger partial charge in [0.2, 0.25) is 0 Å². The van der Waals surface area contributed by atoms with E-state index in [1.165, 1.54) is 46.9 Å². The molecule has 0 atom stereocenters. The number of thiazole rings is 2. The number of ether oxygens (including phenoxy) is 2. The van der Waals surface area contributed by atoms with Gasteiger partial charge in [-0.05, 0) is 92.8 Å². The van der Waals surface area contributed by atoms with Crippen LogP contribution < -0.4 is 21.0 Å². The number of allylic oxidation sites excluding steroid dienone is 1. The van der Waals surface area contributed by atoms with Crippen molar-refractivity contribution in [3.05, 3.63) is 161 Å². The summed E-state index contributed by atoms with van der Waals surface area (Å²) in [5.41, 5.74) is 2.25. The lowest BCUT2D eigenvalue weighted by Gasteiger charge is -2.08. The second-order valence-electron chi connectivity index (χ2n) is 14.7. The molecule has 0 radical (unpaired) electrons. The number of aliphatic hydroxyl groups excluding tert-OH is 1. The van der Waals surface area contributed by atoms with Crippen LogP contribution in [-0.2, 0) is 38.4 Å². The molecule has 0 saturated carbocycles. The zero-order valence-corrected chi connectivity index (χ0v) is 38.7. The Morgan fingerprint density at radius 1 is 0.652 bits per heavy atom. The van der Waals surface area contributed by atoms with Gasteiger partial charge in [0.25, 0.3) is 0 Å². The van der Waals surface area contributed by atoms with E-state index in [0.29, 0.717) is 85.9 Å². The van der Waals surface area contributed by atoms with Crippen LogP contribution in [0.2, 0.25) is 10.0 Å². The van der Waals surface area contributed by atoms with Crippen LogP contribution in [0.15, 0.2) is 116 Å². The lowest BCUT2D eigenvalue weighted by molar-refractivity contribution is -0.138. The van der Waals surface area contributed by atoms with Gasteiger partial charge >= 0.3 is 23.9 Å². The number of alkyl halides is 6. The van der Waals surface area contributed by atoms with Crippen LogP contribution in [-0.4, -0.2) is 42.0 Å². The number of unbranched alkanes of at least 4 members (excludes halogenated alkanes) is 1. The number of aliphatic hydroxyl groups is 1. The minimum absolute atomic E-state index is 0.0589. The first-order valence-corrected chi connectivity index (χ1v) is 22.9. The summed E-state index contributed by atoms with van der Waals surface area (Å²) < 4.78 is 98.1. The van der Waals surface area contributed by atoms with Crippen molar-refractivity contribution >= 4 is 45.9 Å². The van der Waals surface area contributed by atoms with Crippen LogP contribution in [0.1, 0.15) is 51.5 Å². The molecule has 0 amide bonds. The van der Waals surface area contributed by atoms with E-state index in [2.05, 4.69) is 45.9 Å². The quantitative estimate of drug-likeness (QED) is 0.0448. The van der Waals surface area contributed by atoms with Gasteiger partial charge in [0, 0.05) is 28.9 Å². The largest absolute Gasteiger partial charge is 0.488 e. The Balaban J connectivity index is 0.000000204. The third-order valence-corrected chi connectivity index (χ3v) is 12.8.